The van der Waals surface area contributed by atoms with E-state index >= 15 is 0 Å². The van der Waals surface area contributed by atoms with E-state index in [0.29, 0.717) is 30.3 Å². The van der Waals surface area contributed by atoms with Crippen LogP contribution in [0.1, 0.15) is 72.0 Å². The molecule has 30 heavy (non-hydrogen) atoms. The van der Waals surface area contributed by atoms with Crippen LogP contribution in [0.5, 0.6) is 0 Å². The van der Waals surface area contributed by atoms with Gasteiger partial charge in [-0.25, -0.2) is 9.37 Å². The first-order chi connectivity index (χ1) is 14.5. The molecule has 0 unspecified atom stereocenters. The molecule has 1 aromatic carbocycles. The van der Waals surface area contributed by atoms with Crippen LogP contribution in [-0.2, 0) is 19.9 Å². The van der Waals surface area contributed by atoms with Crippen molar-refractivity contribution in [2.45, 2.75) is 51.5 Å². The molecule has 1 amide bonds. The van der Waals surface area contributed by atoms with Gasteiger partial charge >= 0.3 is 0 Å². The van der Waals surface area contributed by atoms with E-state index in [-0.39, 0.29) is 17.8 Å². The number of nitrogens with zero attached hydrogens (tertiary/aromatic N) is 4. The summed E-state index contributed by atoms with van der Waals surface area (Å²) in [6.07, 6.45) is 6.90. The predicted octanol–water partition coefficient (Wildman–Crippen LogP) is 4.46. The molecule has 1 saturated heterocycles. The topological polar surface area (TPSA) is 64.2 Å². The molecule has 0 radical (unpaired) electrons. The summed E-state index contributed by atoms with van der Waals surface area (Å²) in [7, 11) is 1.82. The molecule has 0 saturated carbocycles. The highest BCUT2D eigenvalue weighted by Gasteiger charge is 2.33. The Kier molecular flexibility index (Phi) is 5.97. The molecule has 1 aliphatic heterocycles. The van der Waals surface area contributed by atoms with Gasteiger partial charge in [0.15, 0.2) is 0 Å². The summed E-state index contributed by atoms with van der Waals surface area (Å²) in [5, 5.41) is 4.47. The van der Waals surface area contributed by atoms with Crippen LogP contribution in [0.4, 0.5) is 4.39 Å². The second-order valence-corrected chi connectivity index (χ2v) is 7.87. The van der Waals surface area contributed by atoms with Gasteiger partial charge in [0.1, 0.15) is 23.3 Å². The second-order valence-electron chi connectivity index (χ2n) is 7.87. The lowest BCUT2D eigenvalue weighted by molar-refractivity contribution is 0.0558. The Morgan fingerprint density at radius 1 is 1.27 bits per heavy atom. The van der Waals surface area contributed by atoms with Gasteiger partial charge in [0.2, 0.25) is 5.89 Å². The third-order valence-electron chi connectivity index (χ3n) is 5.57. The molecule has 1 fully saturated rings. The number of hydrogen-bond acceptors (Lipinski definition) is 4. The Morgan fingerprint density at radius 3 is 2.83 bits per heavy atom. The first kappa shape index (κ1) is 20.3. The van der Waals surface area contributed by atoms with E-state index in [9.17, 15) is 9.18 Å². The number of likely N-dealkylation sites (tertiary alicyclic amines) is 1. The maximum atomic E-state index is 13.3. The van der Waals surface area contributed by atoms with Crippen LogP contribution in [0.2, 0.25) is 0 Å². The van der Waals surface area contributed by atoms with Crippen LogP contribution in [0.25, 0.3) is 0 Å². The number of piperidine rings is 1. The van der Waals surface area contributed by atoms with Crippen LogP contribution >= 0.6 is 0 Å². The lowest BCUT2D eigenvalue weighted by Crippen LogP contribution is -2.39. The fourth-order valence-corrected chi connectivity index (χ4v) is 4.05. The van der Waals surface area contributed by atoms with Gasteiger partial charge in [0.05, 0.1) is 11.9 Å². The number of aryl methyl sites for hydroxylation is 2. The minimum absolute atomic E-state index is 0.0321. The van der Waals surface area contributed by atoms with Gasteiger partial charge in [-0.15, -0.1) is 0 Å². The highest BCUT2D eigenvalue weighted by Crippen LogP contribution is 2.32. The number of amides is 1. The summed E-state index contributed by atoms with van der Waals surface area (Å²) < 4.78 is 20.8. The zero-order valence-corrected chi connectivity index (χ0v) is 17.5. The Labute approximate surface area is 175 Å². The van der Waals surface area contributed by atoms with Crippen molar-refractivity contribution in [3.63, 3.8) is 0 Å². The van der Waals surface area contributed by atoms with E-state index in [1.807, 2.05) is 18.0 Å². The molecular formula is C23H27FN4O2. The second kappa shape index (κ2) is 8.81. The van der Waals surface area contributed by atoms with Crippen molar-refractivity contribution in [2.24, 2.45) is 7.05 Å². The van der Waals surface area contributed by atoms with Crippen molar-refractivity contribution in [3.05, 3.63) is 70.9 Å². The molecule has 2 aromatic heterocycles. The summed E-state index contributed by atoms with van der Waals surface area (Å²) in [5.41, 5.74) is 2.49. The standard InChI is InChI=1S/C23H27FN4O2/c1-3-6-18-14-21(27(2)26-18)23(29)28-12-5-4-7-20(28)22-25-15-19(30-22)13-16-8-10-17(24)11-9-16/h8-11,14-15,20H,3-7,12-13H2,1-2H3/t20-/m1/s1. The minimum Gasteiger partial charge on any atom is -0.443 e. The molecule has 0 N–H and O–H groups in total. The third-order valence-corrected chi connectivity index (χ3v) is 5.57. The van der Waals surface area contributed by atoms with E-state index in [0.717, 1.165) is 43.4 Å². The average Bonchev–Trinajstić information content (AvgIpc) is 3.36. The molecule has 3 heterocycles. The Bertz CT molecular complexity index is 1010. The first-order valence-electron chi connectivity index (χ1n) is 10.6. The molecule has 0 spiro atoms. The molecule has 158 valence electrons. The van der Waals surface area contributed by atoms with E-state index in [1.165, 1.54) is 12.1 Å². The van der Waals surface area contributed by atoms with Gasteiger partial charge in [-0.2, -0.15) is 5.10 Å². The highest BCUT2D eigenvalue weighted by atomic mass is 19.1. The summed E-state index contributed by atoms with van der Waals surface area (Å²) >= 11 is 0. The Balaban J connectivity index is 1.53. The maximum absolute atomic E-state index is 13.3. The lowest BCUT2D eigenvalue weighted by atomic mass is 10.0. The van der Waals surface area contributed by atoms with Crippen molar-refractivity contribution in [3.8, 4) is 0 Å². The average molecular weight is 410 g/mol. The fourth-order valence-electron chi connectivity index (χ4n) is 4.05. The van der Waals surface area contributed by atoms with Crippen molar-refractivity contribution in [2.75, 3.05) is 6.54 Å². The summed E-state index contributed by atoms with van der Waals surface area (Å²) in [4.78, 5) is 19.7. The zero-order chi connectivity index (χ0) is 21.1. The first-order valence-corrected chi connectivity index (χ1v) is 10.6. The molecule has 1 atom stereocenters. The molecule has 3 aromatic rings. The summed E-state index contributed by atoms with van der Waals surface area (Å²) in [6.45, 7) is 2.77. The lowest BCUT2D eigenvalue weighted by Gasteiger charge is -2.33. The van der Waals surface area contributed by atoms with Crippen molar-refractivity contribution >= 4 is 5.91 Å². The van der Waals surface area contributed by atoms with Gasteiger partial charge in [0, 0.05) is 20.0 Å². The highest BCUT2D eigenvalue weighted by molar-refractivity contribution is 5.93. The SMILES string of the molecule is CCCc1cc(C(=O)N2CCCC[C@@H]2c2ncc(Cc3ccc(F)cc3)o2)n(C)n1. The predicted molar refractivity (Wildman–Crippen MR) is 111 cm³/mol. The van der Waals surface area contributed by atoms with Gasteiger partial charge < -0.3 is 9.32 Å². The van der Waals surface area contributed by atoms with Crippen molar-refractivity contribution in [1.29, 1.82) is 0 Å². The van der Waals surface area contributed by atoms with Gasteiger partial charge in [-0.1, -0.05) is 25.5 Å². The molecule has 1 aliphatic rings. The van der Waals surface area contributed by atoms with Crippen LogP contribution < -0.4 is 0 Å². The number of aromatic nitrogens is 3. The van der Waals surface area contributed by atoms with Gasteiger partial charge in [-0.05, 0) is 49.4 Å². The van der Waals surface area contributed by atoms with Gasteiger partial charge in [0.25, 0.3) is 5.91 Å². The third kappa shape index (κ3) is 4.30. The van der Waals surface area contributed by atoms with Crippen LogP contribution in [0, 0.1) is 5.82 Å². The molecule has 0 bridgehead atoms. The van der Waals surface area contributed by atoms with E-state index in [2.05, 4.69) is 17.0 Å². The monoisotopic (exact) mass is 410 g/mol. The number of benzene rings is 1. The smallest absolute Gasteiger partial charge is 0.272 e. The maximum Gasteiger partial charge on any atom is 0.272 e. The van der Waals surface area contributed by atoms with E-state index in [4.69, 9.17) is 4.42 Å². The van der Waals surface area contributed by atoms with Crippen LogP contribution in [-0.4, -0.2) is 32.1 Å². The van der Waals surface area contributed by atoms with Crippen LogP contribution in [0.3, 0.4) is 0 Å². The molecule has 6 nitrogen and oxygen atoms in total. The fraction of sp³-hybridized carbons (Fsp3) is 0.435. The Morgan fingerprint density at radius 2 is 2.07 bits per heavy atom. The van der Waals surface area contributed by atoms with Crippen molar-refractivity contribution < 1.29 is 13.6 Å². The molecule has 7 heteroatoms. The molecular weight excluding hydrogens is 383 g/mol. The van der Waals surface area contributed by atoms with Crippen LogP contribution in [0.15, 0.2) is 40.9 Å². The molecule has 0 aliphatic carbocycles. The van der Waals surface area contributed by atoms with E-state index < -0.39 is 0 Å². The number of carbonyl (C=O) groups is 1. The summed E-state index contributed by atoms with van der Waals surface area (Å²) in [6, 6.07) is 8.07. The number of halogens is 1. The normalized spacial score (nSPS) is 16.8. The van der Waals surface area contributed by atoms with Crippen molar-refractivity contribution in [1.82, 2.24) is 19.7 Å². The minimum atomic E-state index is -0.259. The number of oxazole rings is 1. The largest absolute Gasteiger partial charge is 0.443 e. The molecule has 4 rings (SSSR count). The number of rotatable bonds is 6. The van der Waals surface area contributed by atoms with E-state index in [1.54, 1.807) is 23.0 Å². The number of carbonyl (C=O) groups excluding carboxylic acids is 1. The number of hydrogen-bond donors (Lipinski definition) is 0. The summed E-state index contributed by atoms with van der Waals surface area (Å²) in [5.74, 6) is 0.984. The quantitative estimate of drug-likeness (QED) is 0.602. The Hall–Kier alpha value is -2.96. The van der Waals surface area contributed by atoms with Gasteiger partial charge in [-0.3, -0.25) is 9.48 Å². The zero-order valence-electron chi connectivity index (χ0n) is 17.5.